The Morgan fingerprint density at radius 1 is 0.680 bits per heavy atom. The van der Waals surface area contributed by atoms with Gasteiger partial charge in [-0.3, -0.25) is 4.79 Å². The fourth-order valence-corrected chi connectivity index (χ4v) is 8.62. The third-order valence-electron chi connectivity index (χ3n) is 4.88. The highest BCUT2D eigenvalue weighted by Crippen LogP contribution is 2.61. The normalized spacial score (nSPS) is 17.3. The summed E-state index contributed by atoms with van der Waals surface area (Å²) in [6.45, 7) is 0.491. The monoisotopic (exact) mass is 347 g/mol. The van der Waals surface area contributed by atoms with Gasteiger partial charge in [-0.25, -0.2) is 0 Å². The zero-order valence-electron chi connectivity index (χ0n) is 13.9. The molecule has 0 spiro atoms. The van der Waals surface area contributed by atoms with Gasteiger partial charge in [0.2, 0.25) is 0 Å². The average Bonchev–Trinajstić information content (AvgIpc) is 3.12. The molecule has 0 unspecified atom stereocenters. The fourth-order valence-electron chi connectivity index (χ4n) is 3.82. The minimum atomic E-state index is -1.98. The Kier molecular flexibility index (Phi) is 4.38. The number of rotatable bonds is 4. The summed E-state index contributed by atoms with van der Waals surface area (Å²) in [7, 11) is -1.98. The topological polar surface area (TPSA) is 26.3 Å². The first-order valence-corrected chi connectivity index (χ1v) is 10.4. The molecule has 0 aromatic heterocycles. The van der Waals surface area contributed by atoms with Gasteiger partial charge >= 0.3 is 5.97 Å². The summed E-state index contributed by atoms with van der Waals surface area (Å²) >= 11 is 0. The maximum atomic E-state index is 12.0. The molecule has 3 aromatic carbocycles. The maximum Gasteiger partial charge on any atom is 0.310 e. The van der Waals surface area contributed by atoms with Gasteiger partial charge in [0.15, 0.2) is 0 Å². The second-order valence-corrected chi connectivity index (χ2v) is 10.00. The van der Waals surface area contributed by atoms with E-state index < -0.39 is 7.26 Å². The van der Waals surface area contributed by atoms with Gasteiger partial charge < -0.3 is 4.74 Å². The number of cyclic esters (lactones) is 1. The molecule has 1 atom stereocenters. The van der Waals surface area contributed by atoms with E-state index in [0.717, 1.165) is 0 Å². The van der Waals surface area contributed by atoms with Crippen LogP contribution in [-0.2, 0) is 9.53 Å². The number of carbonyl (C=O) groups excluding carboxylic acids is 1. The third-order valence-corrected chi connectivity index (χ3v) is 9.64. The molecule has 1 fully saturated rings. The summed E-state index contributed by atoms with van der Waals surface area (Å²) in [6.07, 6.45) is 0.479. The molecule has 4 rings (SSSR count). The molecular formula is C22H20O2P+. The summed E-state index contributed by atoms with van der Waals surface area (Å²) in [5, 5.41) is 3.90. The predicted molar refractivity (Wildman–Crippen MR) is 105 cm³/mol. The molecule has 1 heterocycles. The summed E-state index contributed by atoms with van der Waals surface area (Å²) < 4.78 is 5.42. The summed E-state index contributed by atoms with van der Waals surface area (Å²) in [5.74, 6) is -0.0860. The van der Waals surface area contributed by atoms with Crippen molar-refractivity contribution in [2.24, 2.45) is 0 Å². The first-order chi connectivity index (χ1) is 12.3. The van der Waals surface area contributed by atoms with Crippen molar-refractivity contribution >= 4 is 29.1 Å². The second-order valence-electron chi connectivity index (χ2n) is 6.27. The minimum Gasteiger partial charge on any atom is -0.461 e. The Morgan fingerprint density at radius 3 is 1.40 bits per heavy atom. The van der Waals surface area contributed by atoms with Crippen LogP contribution in [-0.4, -0.2) is 18.2 Å². The lowest BCUT2D eigenvalue weighted by Gasteiger charge is -2.31. The molecule has 2 nitrogen and oxygen atoms in total. The highest BCUT2D eigenvalue weighted by Gasteiger charge is 2.55. The molecule has 25 heavy (non-hydrogen) atoms. The van der Waals surface area contributed by atoms with Gasteiger partial charge in [-0.1, -0.05) is 54.6 Å². The van der Waals surface area contributed by atoms with Gasteiger partial charge in [-0.05, 0) is 36.4 Å². The quantitative estimate of drug-likeness (QED) is 0.535. The molecule has 0 N–H and O–H groups in total. The molecule has 1 aliphatic rings. The van der Waals surface area contributed by atoms with Crippen LogP contribution >= 0.6 is 7.26 Å². The van der Waals surface area contributed by atoms with Crippen LogP contribution in [0, 0.1) is 0 Å². The van der Waals surface area contributed by atoms with Crippen LogP contribution in [0.2, 0.25) is 0 Å². The fraction of sp³-hybridized carbons (Fsp3) is 0.136. The smallest absolute Gasteiger partial charge is 0.310 e. The third kappa shape index (κ3) is 2.77. The van der Waals surface area contributed by atoms with Crippen LogP contribution in [0.25, 0.3) is 0 Å². The SMILES string of the molecule is O=C1C[C@H]([P+](c2ccccc2)(c2ccccc2)c2ccccc2)CO1. The maximum absolute atomic E-state index is 12.0. The molecule has 0 radical (unpaired) electrons. The number of hydrogen-bond acceptors (Lipinski definition) is 2. The minimum absolute atomic E-state index is 0.0860. The van der Waals surface area contributed by atoms with Crippen molar-refractivity contribution in [3.63, 3.8) is 0 Å². The van der Waals surface area contributed by atoms with E-state index in [4.69, 9.17) is 4.74 Å². The first-order valence-electron chi connectivity index (χ1n) is 8.53. The van der Waals surface area contributed by atoms with Crippen LogP contribution < -0.4 is 15.9 Å². The molecule has 0 amide bonds. The number of hydrogen-bond donors (Lipinski definition) is 0. The molecule has 3 aromatic rings. The van der Waals surface area contributed by atoms with Crippen LogP contribution in [0.3, 0.4) is 0 Å². The molecule has 0 aliphatic carbocycles. The Bertz CT molecular complexity index is 750. The number of benzene rings is 3. The lowest BCUT2D eigenvalue weighted by Crippen LogP contribution is -2.39. The van der Waals surface area contributed by atoms with Crippen molar-refractivity contribution in [3.05, 3.63) is 91.0 Å². The van der Waals surface area contributed by atoms with Crippen LogP contribution in [0.15, 0.2) is 91.0 Å². The Hall–Kier alpha value is -2.44. The average molecular weight is 347 g/mol. The van der Waals surface area contributed by atoms with E-state index >= 15 is 0 Å². The highest BCUT2D eigenvalue weighted by atomic mass is 31.2. The summed E-state index contributed by atoms with van der Waals surface area (Å²) in [6, 6.07) is 31.9. The van der Waals surface area contributed by atoms with E-state index in [1.165, 1.54) is 15.9 Å². The van der Waals surface area contributed by atoms with E-state index in [1.807, 2.05) is 18.2 Å². The predicted octanol–water partition coefficient (Wildman–Crippen LogP) is 3.30. The van der Waals surface area contributed by atoms with Gasteiger partial charge in [0.25, 0.3) is 0 Å². The van der Waals surface area contributed by atoms with Crippen molar-refractivity contribution in [1.29, 1.82) is 0 Å². The Labute approximate surface area is 148 Å². The standard InChI is InChI=1S/C22H20O2P/c23-22-16-21(17-24-22)25(18-10-4-1-5-11-18,19-12-6-2-7-13-19)20-14-8-3-9-15-20/h1-15,21H,16-17H2/q+1/t21-/m0/s1. The summed E-state index contributed by atoms with van der Waals surface area (Å²) in [5.41, 5.74) is 0.173. The van der Waals surface area contributed by atoms with Gasteiger partial charge in [0.05, 0.1) is 6.42 Å². The van der Waals surface area contributed by atoms with Crippen LogP contribution in [0.5, 0.6) is 0 Å². The molecule has 1 saturated heterocycles. The van der Waals surface area contributed by atoms with Crippen molar-refractivity contribution in [2.75, 3.05) is 6.61 Å². The van der Waals surface area contributed by atoms with Gasteiger partial charge in [0.1, 0.15) is 35.4 Å². The van der Waals surface area contributed by atoms with E-state index in [-0.39, 0.29) is 11.6 Å². The van der Waals surface area contributed by atoms with E-state index in [0.29, 0.717) is 13.0 Å². The zero-order chi connectivity index (χ0) is 17.1. The van der Waals surface area contributed by atoms with E-state index in [1.54, 1.807) is 0 Å². The molecule has 0 saturated carbocycles. The van der Waals surface area contributed by atoms with Crippen LogP contribution in [0.4, 0.5) is 0 Å². The van der Waals surface area contributed by atoms with E-state index in [9.17, 15) is 4.79 Å². The number of carbonyl (C=O) groups is 1. The largest absolute Gasteiger partial charge is 0.461 e. The van der Waals surface area contributed by atoms with Gasteiger partial charge in [0, 0.05) is 0 Å². The molecule has 3 heteroatoms. The number of ether oxygens (including phenoxy) is 1. The van der Waals surface area contributed by atoms with Crippen LogP contribution in [0.1, 0.15) is 6.42 Å². The molecular weight excluding hydrogens is 327 g/mol. The summed E-state index contributed by atoms with van der Waals surface area (Å²) in [4.78, 5) is 12.0. The zero-order valence-corrected chi connectivity index (χ0v) is 14.8. The van der Waals surface area contributed by atoms with Gasteiger partial charge in [-0.15, -0.1) is 0 Å². The van der Waals surface area contributed by atoms with Gasteiger partial charge in [-0.2, -0.15) is 0 Å². The van der Waals surface area contributed by atoms with Crippen molar-refractivity contribution in [3.8, 4) is 0 Å². The number of esters is 1. The second kappa shape index (κ2) is 6.82. The van der Waals surface area contributed by atoms with E-state index in [2.05, 4.69) is 72.8 Å². The molecule has 1 aliphatic heterocycles. The van der Waals surface area contributed by atoms with Crippen molar-refractivity contribution in [1.82, 2.24) is 0 Å². The molecule has 124 valence electrons. The van der Waals surface area contributed by atoms with Crippen molar-refractivity contribution < 1.29 is 9.53 Å². The lowest BCUT2D eigenvalue weighted by atomic mass is 10.3. The van der Waals surface area contributed by atoms with Crippen molar-refractivity contribution in [2.45, 2.75) is 12.1 Å². The Balaban J connectivity index is 2.03. The Morgan fingerprint density at radius 2 is 1.08 bits per heavy atom. The highest BCUT2D eigenvalue weighted by molar-refractivity contribution is 7.96. The molecule has 0 bridgehead atoms. The first kappa shape index (κ1) is 16.1. The lowest BCUT2D eigenvalue weighted by molar-refractivity contribution is -0.137.